The molecule has 8 heteroatoms. The van der Waals surface area contributed by atoms with Crippen molar-refractivity contribution in [1.82, 2.24) is 30.9 Å². The molecule has 0 aromatic carbocycles. The van der Waals surface area contributed by atoms with Gasteiger partial charge in [0.1, 0.15) is 5.69 Å². The second-order valence-electron chi connectivity index (χ2n) is 3.15. The lowest BCUT2D eigenvalue weighted by Crippen LogP contribution is -2.24. The Morgan fingerprint density at radius 1 is 1.50 bits per heavy atom. The van der Waals surface area contributed by atoms with Crippen LogP contribution in [0.25, 0.3) is 0 Å². The molecule has 7 nitrogen and oxygen atoms in total. The molecule has 16 heavy (non-hydrogen) atoms. The zero-order valence-corrected chi connectivity index (χ0v) is 9.63. The van der Waals surface area contributed by atoms with Crippen LogP contribution in [0.1, 0.15) is 26.2 Å². The fourth-order valence-electron chi connectivity index (χ4n) is 1.24. The number of carbonyl (C=O) groups excluding carboxylic acids is 1. The van der Waals surface area contributed by atoms with Gasteiger partial charge in [0.2, 0.25) is 0 Å². The number of thiazole rings is 1. The van der Waals surface area contributed by atoms with Crippen molar-refractivity contribution in [3.05, 3.63) is 21.4 Å². The van der Waals surface area contributed by atoms with E-state index in [1.54, 1.807) is 0 Å². The summed E-state index contributed by atoms with van der Waals surface area (Å²) in [5.41, 5.74) is 0.464. The smallest absolute Gasteiger partial charge is 0.271 e. The van der Waals surface area contributed by atoms with Gasteiger partial charge in [-0.3, -0.25) is 4.79 Å². The van der Waals surface area contributed by atoms with E-state index in [1.807, 2.05) is 13.8 Å². The molecule has 0 bridgehead atoms. The molecule has 0 spiro atoms. The number of nitrogens with one attached hydrogen (secondary N) is 2. The molecule has 0 aliphatic carbocycles. The molecular formula is C8H10N6OS. The van der Waals surface area contributed by atoms with Crippen LogP contribution in [0.15, 0.2) is 0 Å². The largest absolute Gasteiger partial charge is 0.343 e. The quantitative estimate of drug-likeness (QED) is 0.796. The van der Waals surface area contributed by atoms with E-state index in [2.05, 4.69) is 30.9 Å². The first-order valence-corrected chi connectivity index (χ1v) is 5.43. The van der Waals surface area contributed by atoms with Gasteiger partial charge in [-0.25, -0.2) is 4.98 Å². The molecule has 0 aliphatic rings. The average Bonchev–Trinajstić information content (AvgIpc) is 2.84. The summed E-state index contributed by atoms with van der Waals surface area (Å²) in [7, 11) is 0. The van der Waals surface area contributed by atoms with Gasteiger partial charge in [-0.1, -0.05) is 5.21 Å². The van der Waals surface area contributed by atoms with E-state index in [4.69, 9.17) is 0 Å². The number of rotatable bonds is 3. The number of tetrazole rings is 1. The molecular weight excluding hydrogens is 228 g/mol. The van der Waals surface area contributed by atoms with E-state index in [-0.39, 0.29) is 12.5 Å². The zero-order valence-electron chi connectivity index (χ0n) is 8.81. The summed E-state index contributed by atoms with van der Waals surface area (Å²) in [5, 5.41) is 16.7. The van der Waals surface area contributed by atoms with Gasteiger partial charge >= 0.3 is 0 Å². The lowest BCUT2D eigenvalue weighted by molar-refractivity contribution is 0.0945. The summed E-state index contributed by atoms with van der Waals surface area (Å²) in [6, 6.07) is 0. The normalized spacial score (nSPS) is 10.4. The van der Waals surface area contributed by atoms with Crippen molar-refractivity contribution in [3.63, 3.8) is 0 Å². The van der Waals surface area contributed by atoms with Crippen LogP contribution in [0, 0.1) is 13.8 Å². The SMILES string of the molecule is Cc1nc(C(=O)NCc2nn[nH]n2)c(C)s1. The molecule has 0 saturated heterocycles. The third-order valence-corrected chi connectivity index (χ3v) is 2.80. The second-order valence-corrected chi connectivity index (χ2v) is 4.56. The van der Waals surface area contributed by atoms with Crippen LogP contribution in [0.3, 0.4) is 0 Å². The number of nitrogens with zero attached hydrogens (tertiary/aromatic N) is 4. The summed E-state index contributed by atoms with van der Waals surface area (Å²) in [6.07, 6.45) is 0. The first-order chi connectivity index (χ1) is 7.66. The minimum absolute atomic E-state index is 0.216. The van der Waals surface area contributed by atoms with Crippen LogP contribution in [0.5, 0.6) is 0 Å². The first-order valence-electron chi connectivity index (χ1n) is 4.61. The average molecular weight is 238 g/mol. The first kappa shape index (κ1) is 10.7. The number of aromatic nitrogens is 5. The van der Waals surface area contributed by atoms with E-state index in [1.165, 1.54) is 11.3 Å². The standard InChI is InChI=1S/C8H10N6OS/c1-4-7(10-5(2)16-4)8(15)9-3-6-11-13-14-12-6/h3H2,1-2H3,(H,9,15)(H,11,12,13,14). The molecule has 2 heterocycles. The van der Waals surface area contributed by atoms with Crippen LogP contribution in [-0.2, 0) is 6.54 Å². The molecule has 84 valence electrons. The molecule has 0 saturated carbocycles. The molecule has 0 radical (unpaired) electrons. The van der Waals surface area contributed by atoms with Crippen molar-refractivity contribution >= 4 is 17.2 Å². The highest BCUT2D eigenvalue weighted by atomic mass is 32.1. The van der Waals surface area contributed by atoms with Crippen molar-refractivity contribution in [2.75, 3.05) is 0 Å². The number of aryl methyl sites for hydroxylation is 2. The maximum absolute atomic E-state index is 11.7. The molecule has 2 aromatic rings. The van der Waals surface area contributed by atoms with Crippen molar-refractivity contribution in [2.24, 2.45) is 0 Å². The highest BCUT2D eigenvalue weighted by Gasteiger charge is 2.13. The maximum atomic E-state index is 11.7. The summed E-state index contributed by atoms with van der Waals surface area (Å²) in [4.78, 5) is 16.8. The van der Waals surface area contributed by atoms with E-state index < -0.39 is 0 Å². The number of amides is 1. The Kier molecular flexibility index (Phi) is 2.91. The minimum Gasteiger partial charge on any atom is -0.343 e. The van der Waals surface area contributed by atoms with Crippen LogP contribution < -0.4 is 5.32 Å². The Bertz CT molecular complexity index is 491. The van der Waals surface area contributed by atoms with E-state index >= 15 is 0 Å². The lowest BCUT2D eigenvalue weighted by atomic mass is 10.3. The van der Waals surface area contributed by atoms with Crippen molar-refractivity contribution in [1.29, 1.82) is 0 Å². The van der Waals surface area contributed by atoms with Gasteiger partial charge < -0.3 is 5.32 Å². The van der Waals surface area contributed by atoms with E-state index in [0.29, 0.717) is 11.5 Å². The van der Waals surface area contributed by atoms with Crippen molar-refractivity contribution in [2.45, 2.75) is 20.4 Å². The Morgan fingerprint density at radius 3 is 2.88 bits per heavy atom. The number of H-pyrrole nitrogens is 1. The third kappa shape index (κ3) is 2.22. The van der Waals surface area contributed by atoms with Gasteiger partial charge in [-0.15, -0.1) is 21.5 Å². The van der Waals surface area contributed by atoms with Crippen LogP contribution >= 0.6 is 11.3 Å². The van der Waals surface area contributed by atoms with Gasteiger partial charge in [0.15, 0.2) is 5.82 Å². The number of aromatic amines is 1. The molecule has 0 unspecified atom stereocenters. The van der Waals surface area contributed by atoms with Crippen molar-refractivity contribution < 1.29 is 4.79 Å². The lowest BCUT2D eigenvalue weighted by Gasteiger charge is -1.99. The van der Waals surface area contributed by atoms with Crippen LogP contribution in [-0.4, -0.2) is 31.5 Å². The molecule has 0 fully saturated rings. The molecule has 2 rings (SSSR count). The highest BCUT2D eigenvalue weighted by Crippen LogP contribution is 2.15. The molecule has 1 amide bonds. The van der Waals surface area contributed by atoms with Crippen LogP contribution in [0.4, 0.5) is 0 Å². The number of hydrogen-bond donors (Lipinski definition) is 2. The Balaban J connectivity index is 2.01. The predicted molar refractivity (Wildman–Crippen MR) is 56.9 cm³/mol. The highest BCUT2D eigenvalue weighted by molar-refractivity contribution is 7.11. The van der Waals surface area contributed by atoms with E-state index in [0.717, 1.165) is 9.88 Å². The second kappa shape index (κ2) is 4.35. The zero-order chi connectivity index (χ0) is 11.5. The van der Waals surface area contributed by atoms with Gasteiger partial charge in [0, 0.05) is 4.88 Å². The van der Waals surface area contributed by atoms with Gasteiger partial charge in [-0.2, -0.15) is 5.21 Å². The van der Waals surface area contributed by atoms with Crippen molar-refractivity contribution in [3.8, 4) is 0 Å². The fourth-order valence-corrected chi connectivity index (χ4v) is 2.06. The summed E-state index contributed by atoms with van der Waals surface area (Å²) < 4.78 is 0. The monoisotopic (exact) mass is 238 g/mol. The van der Waals surface area contributed by atoms with Gasteiger partial charge in [0.05, 0.1) is 11.6 Å². The fraction of sp³-hybridized carbons (Fsp3) is 0.375. The predicted octanol–water partition coefficient (Wildman–Crippen LogP) is 0.203. The summed E-state index contributed by atoms with van der Waals surface area (Å²) in [5.74, 6) is 0.226. The Hall–Kier alpha value is -1.83. The van der Waals surface area contributed by atoms with Gasteiger partial charge in [0.25, 0.3) is 5.91 Å². The number of carbonyl (C=O) groups is 1. The Labute approximate surface area is 95.3 Å². The van der Waals surface area contributed by atoms with E-state index in [9.17, 15) is 4.79 Å². The summed E-state index contributed by atoms with van der Waals surface area (Å²) >= 11 is 1.50. The molecule has 2 aromatic heterocycles. The molecule has 2 N–H and O–H groups in total. The topological polar surface area (TPSA) is 96.5 Å². The summed E-state index contributed by atoms with van der Waals surface area (Å²) in [6.45, 7) is 3.98. The molecule has 0 aliphatic heterocycles. The van der Waals surface area contributed by atoms with Gasteiger partial charge in [-0.05, 0) is 13.8 Å². The number of hydrogen-bond acceptors (Lipinski definition) is 6. The Morgan fingerprint density at radius 2 is 2.31 bits per heavy atom. The minimum atomic E-state index is -0.216. The molecule has 0 atom stereocenters. The third-order valence-electron chi connectivity index (χ3n) is 1.91. The maximum Gasteiger partial charge on any atom is 0.271 e. The van der Waals surface area contributed by atoms with Crippen LogP contribution in [0.2, 0.25) is 0 Å².